The van der Waals surface area contributed by atoms with Crippen molar-refractivity contribution >= 4 is 0 Å². The molecule has 5 nitrogen and oxygen atoms in total. The van der Waals surface area contributed by atoms with Crippen molar-refractivity contribution in [3.8, 4) is 6.01 Å². The second-order valence-corrected chi connectivity index (χ2v) is 4.26. The maximum Gasteiger partial charge on any atom is 0.316 e. The topological polar surface area (TPSA) is 56.3 Å². The predicted octanol–water partition coefficient (Wildman–Crippen LogP) is 1.06. The van der Waals surface area contributed by atoms with Crippen LogP contribution in [-0.2, 0) is 11.3 Å². The van der Waals surface area contributed by atoms with Gasteiger partial charge in [-0.25, -0.2) is 4.98 Å². The number of ether oxygens (including phenoxy) is 2. The minimum absolute atomic E-state index is 0.201. The van der Waals surface area contributed by atoms with Crippen LogP contribution in [0.15, 0.2) is 6.07 Å². The first-order valence-corrected chi connectivity index (χ1v) is 6.01. The number of nitrogens with one attached hydrogen (secondary N) is 1. The Labute approximate surface area is 102 Å². The molecule has 0 spiro atoms. The molecule has 1 atom stereocenters. The van der Waals surface area contributed by atoms with E-state index in [-0.39, 0.29) is 6.10 Å². The van der Waals surface area contributed by atoms with Crippen LogP contribution in [-0.4, -0.2) is 36.3 Å². The third kappa shape index (κ3) is 3.64. The zero-order valence-corrected chi connectivity index (χ0v) is 10.4. The van der Waals surface area contributed by atoms with Crippen LogP contribution >= 0.6 is 0 Å². The zero-order chi connectivity index (χ0) is 12.1. The second kappa shape index (κ2) is 5.93. The molecule has 0 bridgehead atoms. The lowest BCUT2D eigenvalue weighted by atomic mass is 10.2. The molecule has 0 amide bonds. The van der Waals surface area contributed by atoms with Gasteiger partial charge in [0, 0.05) is 18.8 Å². The molecule has 2 rings (SSSR count). The molecule has 17 heavy (non-hydrogen) atoms. The molecule has 1 unspecified atom stereocenters. The number of nitrogens with zero attached hydrogens (tertiary/aromatic N) is 2. The zero-order valence-electron chi connectivity index (χ0n) is 10.4. The highest BCUT2D eigenvalue weighted by Crippen LogP contribution is 2.14. The van der Waals surface area contributed by atoms with Gasteiger partial charge in [0.2, 0.25) is 0 Å². The molecule has 1 N–H and O–H groups in total. The van der Waals surface area contributed by atoms with Crippen molar-refractivity contribution in [3.05, 3.63) is 17.5 Å². The molecule has 94 valence electrons. The van der Waals surface area contributed by atoms with E-state index in [9.17, 15) is 0 Å². The molecule has 1 aromatic rings. The Bertz CT molecular complexity index is 365. The Morgan fingerprint density at radius 3 is 3.12 bits per heavy atom. The van der Waals surface area contributed by atoms with Crippen LogP contribution in [0.2, 0.25) is 0 Å². The van der Waals surface area contributed by atoms with E-state index in [4.69, 9.17) is 9.47 Å². The average molecular weight is 237 g/mol. The maximum absolute atomic E-state index is 5.58. The van der Waals surface area contributed by atoms with Crippen molar-refractivity contribution in [1.82, 2.24) is 15.3 Å². The normalized spacial score (nSPS) is 19.5. The Balaban J connectivity index is 1.94. The summed E-state index contributed by atoms with van der Waals surface area (Å²) in [6, 6.07) is 2.40. The minimum atomic E-state index is 0.201. The van der Waals surface area contributed by atoms with E-state index in [2.05, 4.69) is 15.3 Å². The third-order valence-electron chi connectivity index (χ3n) is 2.67. The molecule has 1 aliphatic heterocycles. The van der Waals surface area contributed by atoms with Gasteiger partial charge in [-0.05, 0) is 32.9 Å². The molecule has 5 heteroatoms. The van der Waals surface area contributed by atoms with Crippen LogP contribution in [0.1, 0.15) is 24.2 Å². The molecule has 0 radical (unpaired) electrons. The fraction of sp³-hybridized carbons (Fsp3) is 0.667. The molecule has 1 aromatic heterocycles. The summed E-state index contributed by atoms with van der Waals surface area (Å²) in [6.45, 7) is 4.05. The van der Waals surface area contributed by atoms with E-state index in [1.807, 2.05) is 20.0 Å². The highest BCUT2D eigenvalue weighted by molar-refractivity contribution is 5.12. The largest absolute Gasteiger partial charge is 0.461 e. The summed E-state index contributed by atoms with van der Waals surface area (Å²) in [7, 11) is 1.89. The summed E-state index contributed by atoms with van der Waals surface area (Å²) in [5.41, 5.74) is 1.87. The Morgan fingerprint density at radius 2 is 2.41 bits per heavy atom. The van der Waals surface area contributed by atoms with Crippen LogP contribution in [0.4, 0.5) is 0 Å². The van der Waals surface area contributed by atoms with E-state index >= 15 is 0 Å². The van der Waals surface area contributed by atoms with Gasteiger partial charge in [-0.3, -0.25) is 0 Å². The van der Waals surface area contributed by atoms with Gasteiger partial charge >= 0.3 is 6.01 Å². The molecule has 1 aliphatic rings. The lowest BCUT2D eigenvalue weighted by molar-refractivity contribution is 0.0643. The Kier molecular flexibility index (Phi) is 4.28. The highest BCUT2D eigenvalue weighted by atomic mass is 16.5. The molecule has 1 fully saturated rings. The molecule has 2 heterocycles. The van der Waals surface area contributed by atoms with Crippen molar-refractivity contribution in [2.24, 2.45) is 0 Å². The summed E-state index contributed by atoms with van der Waals surface area (Å²) in [4.78, 5) is 8.59. The van der Waals surface area contributed by atoms with Gasteiger partial charge < -0.3 is 14.8 Å². The molecular weight excluding hydrogens is 218 g/mol. The fourth-order valence-electron chi connectivity index (χ4n) is 1.88. The van der Waals surface area contributed by atoms with Crippen molar-refractivity contribution in [2.75, 3.05) is 20.3 Å². The van der Waals surface area contributed by atoms with Gasteiger partial charge in [0.1, 0.15) is 6.61 Å². The molecule has 0 saturated carbocycles. The summed E-state index contributed by atoms with van der Waals surface area (Å²) in [5, 5.41) is 3.07. The summed E-state index contributed by atoms with van der Waals surface area (Å²) >= 11 is 0. The summed E-state index contributed by atoms with van der Waals surface area (Å²) in [6.07, 6.45) is 2.38. The van der Waals surface area contributed by atoms with Gasteiger partial charge in [0.25, 0.3) is 0 Å². The molecular formula is C12H19N3O2. The van der Waals surface area contributed by atoms with Gasteiger partial charge in [-0.15, -0.1) is 0 Å². The first kappa shape index (κ1) is 12.3. The van der Waals surface area contributed by atoms with Crippen LogP contribution in [0, 0.1) is 6.92 Å². The van der Waals surface area contributed by atoms with Gasteiger partial charge in [0.15, 0.2) is 0 Å². The van der Waals surface area contributed by atoms with Crippen LogP contribution in [0.3, 0.4) is 0 Å². The van der Waals surface area contributed by atoms with E-state index in [1.165, 1.54) is 0 Å². The smallest absolute Gasteiger partial charge is 0.316 e. The SMILES string of the molecule is CNCc1cc(C)nc(OCC2CCCO2)n1. The minimum Gasteiger partial charge on any atom is -0.461 e. The lowest BCUT2D eigenvalue weighted by Gasteiger charge is -2.11. The number of hydrogen-bond acceptors (Lipinski definition) is 5. The molecule has 0 aromatic carbocycles. The number of aromatic nitrogens is 2. The second-order valence-electron chi connectivity index (χ2n) is 4.26. The van der Waals surface area contributed by atoms with Crippen molar-refractivity contribution in [3.63, 3.8) is 0 Å². The third-order valence-corrected chi connectivity index (χ3v) is 2.67. The van der Waals surface area contributed by atoms with Gasteiger partial charge in [-0.1, -0.05) is 0 Å². The lowest BCUT2D eigenvalue weighted by Crippen LogP contribution is -2.18. The number of hydrogen-bond donors (Lipinski definition) is 1. The van der Waals surface area contributed by atoms with E-state index in [0.717, 1.165) is 37.4 Å². The first-order chi connectivity index (χ1) is 8.28. The Hall–Kier alpha value is -1.20. The predicted molar refractivity (Wildman–Crippen MR) is 64.0 cm³/mol. The fourth-order valence-corrected chi connectivity index (χ4v) is 1.88. The van der Waals surface area contributed by atoms with E-state index in [0.29, 0.717) is 12.6 Å². The molecule has 1 saturated heterocycles. The van der Waals surface area contributed by atoms with Crippen LogP contribution in [0.5, 0.6) is 6.01 Å². The van der Waals surface area contributed by atoms with E-state index in [1.54, 1.807) is 0 Å². The summed E-state index contributed by atoms with van der Waals surface area (Å²) in [5.74, 6) is 0. The van der Waals surface area contributed by atoms with Gasteiger partial charge in [0.05, 0.1) is 11.8 Å². The quantitative estimate of drug-likeness (QED) is 0.830. The summed E-state index contributed by atoms with van der Waals surface area (Å²) < 4.78 is 11.1. The van der Waals surface area contributed by atoms with Gasteiger partial charge in [-0.2, -0.15) is 4.98 Å². The highest BCUT2D eigenvalue weighted by Gasteiger charge is 2.16. The van der Waals surface area contributed by atoms with E-state index < -0.39 is 0 Å². The standard InChI is InChI=1S/C12H19N3O2/c1-9-6-10(7-13-2)15-12(14-9)17-8-11-4-3-5-16-11/h6,11,13H,3-5,7-8H2,1-2H3. The maximum atomic E-state index is 5.58. The average Bonchev–Trinajstić information content (AvgIpc) is 2.79. The molecule has 0 aliphatic carbocycles. The first-order valence-electron chi connectivity index (χ1n) is 6.01. The van der Waals surface area contributed by atoms with Crippen molar-refractivity contribution in [2.45, 2.75) is 32.4 Å². The van der Waals surface area contributed by atoms with Crippen molar-refractivity contribution in [1.29, 1.82) is 0 Å². The Morgan fingerprint density at radius 1 is 1.53 bits per heavy atom. The number of aryl methyl sites for hydroxylation is 1. The monoisotopic (exact) mass is 237 g/mol. The number of rotatable bonds is 5. The van der Waals surface area contributed by atoms with Crippen LogP contribution in [0.25, 0.3) is 0 Å². The van der Waals surface area contributed by atoms with Crippen molar-refractivity contribution < 1.29 is 9.47 Å². The van der Waals surface area contributed by atoms with Crippen LogP contribution < -0.4 is 10.1 Å².